The summed E-state index contributed by atoms with van der Waals surface area (Å²) in [4.78, 5) is 15.8. The lowest BCUT2D eigenvalue weighted by Crippen LogP contribution is -2.12. The van der Waals surface area contributed by atoms with Gasteiger partial charge in [-0.25, -0.2) is 4.98 Å². The lowest BCUT2D eigenvalue weighted by atomic mass is 10.1. The number of halogens is 2. The van der Waals surface area contributed by atoms with Crippen LogP contribution < -0.4 is 5.32 Å². The van der Waals surface area contributed by atoms with Gasteiger partial charge in [0.25, 0.3) is 5.91 Å². The summed E-state index contributed by atoms with van der Waals surface area (Å²) in [5.41, 5.74) is 2.09. The van der Waals surface area contributed by atoms with Gasteiger partial charge in [-0.05, 0) is 31.2 Å². The number of nitrogens with zero attached hydrogens (tertiary/aromatic N) is 1. The summed E-state index contributed by atoms with van der Waals surface area (Å²) >= 11 is 11.6. The average Bonchev–Trinajstić information content (AvgIpc) is 2.33. The molecule has 1 aromatic heterocycles. The van der Waals surface area contributed by atoms with Crippen LogP contribution in [0.25, 0.3) is 0 Å². The van der Waals surface area contributed by atoms with Crippen molar-refractivity contribution >= 4 is 34.8 Å². The van der Waals surface area contributed by atoms with Crippen LogP contribution >= 0.6 is 23.2 Å². The van der Waals surface area contributed by atoms with Gasteiger partial charge in [-0.3, -0.25) is 4.79 Å². The zero-order valence-corrected chi connectivity index (χ0v) is 11.1. The summed E-state index contributed by atoms with van der Waals surface area (Å²) < 4.78 is 0. The Kier molecular flexibility index (Phi) is 3.84. The third kappa shape index (κ3) is 3.00. The molecule has 0 atom stereocenters. The van der Waals surface area contributed by atoms with E-state index in [9.17, 15) is 4.79 Å². The van der Waals surface area contributed by atoms with Gasteiger partial charge in [-0.15, -0.1) is 0 Å². The summed E-state index contributed by atoms with van der Waals surface area (Å²) in [5.74, 6) is -0.235. The number of pyridine rings is 1. The van der Waals surface area contributed by atoms with Gasteiger partial charge in [0.05, 0.1) is 5.69 Å². The molecule has 1 amide bonds. The zero-order chi connectivity index (χ0) is 13.1. The van der Waals surface area contributed by atoms with Gasteiger partial charge in [0.1, 0.15) is 5.15 Å². The molecule has 1 N–H and O–H groups in total. The molecule has 92 valence electrons. The molecule has 1 aromatic carbocycles. The maximum atomic E-state index is 11.9. The quantitative estimate of drug-likeness (QED) is 0.847. The summed E-state index contributed by atoms with van der Waals surface area (Å²) in [5, 5.41) is 3.14. The minimum atomic E-state index is -0.235. The second-order valence-electron chi connectivity index (χ2n) is 3.79. The van der Waals surface area contributed by atoms with Gasteiger partial charge < -0.3 is 5.32 Å². The van der Waals surface area contributed by atoms with Crippen LogP contribution in [0.2, 0.25) is 10.3 Å². The maximum absolute atomic E-state index is 11.9. The van der Waals surface area contributed by atoms with Gasteiger partial charge >= 0.3 is 0 Å². The lowest BCUT2D eigenvalue weighted by Gasteiger charge is -2.07. The van der Waals surface area contributed by atoms with E-state index in [1.165, 1.54) is 0 Å². The molecular formula is C13H10Cl2N2O. The lowest BCUT2D eigenvalue weighted by molar-refractivity contribution is 0.102. The van der Waals surface area contributed by atoms with E-state index in [0.29, 0.717) is 11.3 Å². The summed E-state index contributed by atoms with van der Waals surface area (Å²) in [7, 11) is 0. The normalized spacial score (nSPS) is 10.2. The topological polar surface area (TPSA) is 42.0 Å². The standard InChI is InChI=1S/C13H10Cl2N2O/c1-8-2-4-9(5-3-8)13(18)16-10-6-7-11(14)17-12(10)15/h2-7H,1H3,(H,16,18). The molecular weight excluding hydrogens is 271 g/mol. The molecule has 5 heteroatoms. The SMILES string of the molecule is Cc1ccc(C(=O)Nc2ccc(Cl)nc2Cl)cc1. The first-order valence-corrected chi connectivity index (χ1v) is 6.02. The van der Waals surface area contributed by atoms with E-state index in [4.69, 9.17) is 23.2 Å². The largest absolute Gasteiger partial charge is 0.319 e. The van der Waals surface area contributed by atoms with Crippen molar-refractivity contribution in [2.75, 3.05) is 5.32 Å². The number of carbonyl (C=O) groups is 1. The Bertz CT molecular complexity index is 582. The highest BCUT2D eigenvalue weighted by molar-refractivity contribution is 6.34. The Labute approximate surface area is 115 Å². The second-order valence-corrected chi connectivity index (χ2v) is 4.54. The first-order chi connectivity index (χ1) is 8.56. The second kappa shape index (κ2) is 5.38. The van der Waals surface area contributed by atoms with Crippen molar-refractivity contribution in [3.8, 4) is 0 Å². The molecule has 0 aliphatic rings. The number of anilines is 1. The molecule has 0 aliphatic heterocycles. The van der Waals surface area contributed by atoms with E-state index in [2.05, 4.69) is 10.3 Å². The van der Waals surface area contributed by atoms with Crippen LogP contribution in [0.15, 0.2) is 36.4 Å². The van der Waals surface area contributed by atoms with E-state index >= 15 is 0 Å². The first-order valence-electron chi connectivity index (χ1n) is 5.26. The van der Waals surface area contributed by atoms with E-state index in [0.717, 1.165) is 5.56 Å². The number of hydrogen-bond acceptors (Lipinski definition) is 2. The molecule has 3 nitrogen and oxygen atoms in total. The van der Waals surface area contributed by atoms with Crippen LogP contribution in [0, 0.1) is 6.92 Å². The minimum absolute atomic E-state index is 0.169. The zero-order valence-electron chi connectivity index (χ0n) is 9.58. The molecule has 0 aliphatic carbocycles. The maximum Gasteiger partial charge on any atom is 0.255 e. The van der Waals surface area contributed by atoms with Crippen molar-refractivity contribution < 1.29 is 4.79 Å². The fourth-order valence-corrected chi connectivity index (χ4v) is 1.80. The Hall–Kier alpha value is -1.58. The van der Waals surface area contributed by atoms with Crippen LogP contribution in [-0.4, -0.2) is 10.9 Å². The van der Waals surface area contributed by atoms with Crippen molar-refractivity contribution in [2.24, 2.45) is 0 Å². The number of aryl methyl sites for hydroxylation is 1. The number of hydrogen-bond donors (Lipinski definition) is 1. The summed E-state index contributed by atoms with van der Waals surface area (Å²) in [6.07, 6.45) is 0. The van der Waals surface area contributed by atoms with Gasteiger partial charge in [-0.1, -0.05) is 40.9 Å². The summed E-state index contributed by atoms with van der Waals surface area (Å²) in [6, 6.07) is 10.4. The number of aromatic nitrogens is 1. The fraction of sp³-hybridized carbons (Fsp3) is 0.0769. The predicted molar refractivity (Wildman–Crippen MR) is 73.4 cm³/mol. The van der Waals surface area contributed by atoms with E-state index in [1.54, 1.807) is 24.3 Å². The molecule has 0 saturated heterocycles. The monoisotopic (exact) mass is 280 g/mol. The van der Waals surface area contributed by atoms with E-state index in [-0.39, 0.29) is 16.2 Å². The number of carbonyl (C=O) groups excluding carboxylic acids is 1. The van der Waals surface area contributed by atoms with Crippen molar-refractivity contribution in [2.45, 2.75) is 6.92 Å². The highest BCUT2D eigenvalue weighted by atomic mass is 35.5. The van der Waals surface area contributed by atoms with Gasteiger partial charge in [0.15, 0.2) is 5.15 Å². The molecule has 2 rings (SSSR count). The highest BCUT2D eigenvalue weighted by Crippen LogP contribution is 2.22. The first kappa shape index (κ1) is 12.9. The van der Waals surface area contributed by atoms with Gasteiger partial charge in [0, 0.05) is 5.56 Å². The van der Waals surface area contributed by atoms with Crippen molar-refractivity contribution in [3.63, 3.8) is 0 Å². The van der Waals surface area contributed by atoms with Crippen molar-refractivity contribution in [3.05, 3.63) is 57.8 Å². The Morgan fingerprint density at radius 3 is 2.39 bits per heavy atom. The molecule has 2 aromatic rings. The van der Waals surface area contributed by atoms with Crippen LogP contribution in [0.5, 0.6) is 0 Å². The minimum Gasteiger partial charge on any atom is -0.319 e. The van der Waals surface area contributed by atoms with Gasteiger partial charge in [0.2, 0.25) is 0 Å². The molecule has 0 fully saturated rings. The van der Waals surface area contributed by atoms with Crippen LogP contribution in [0.3, 0.4) is 0 Å². The van der Waals surface area contributed by atoms with Crippen LogP contribution in [-0.2, 0) is 0 Å². The predicted octanol–water partition coefficient (Wildman–Crippen LogP) is 3.95. The molecule has 1 heterocycles. The highest BCUT2D eigenvalue weighted by Gasteiger charge is 2.09. The molecule has 0 spiro atoms. The number of rotatable bonds is 2. The smallest absolute Gasteiger partial charge is 0.255 e. The fourth-order valence-electron chi connectivity index (χ4n) is 1.40. The van der Waals surface area contributed by atoms with Crippen LogP contribution in [0.1, 0.15) is 15.9 Å². The van der Waals surface area contributed by atoms with Crippen LogP contribution in [0.4, 0.5) is 5.69 Å². The summed E-state index contributed by atoms with van der Waals surface area (Å²) in [6.45, 7) is 1.96. The average molecular weight is 281 g/mol. The molecule has 0 unspecified atom stereocenters. The molecule has 0 bridgehead atoms. The molecule has 0 radical (unpaired) electrons. The van der Waals surface area contributed by atoms with E-state index in [1.807, 2.05) is 19.1 Å². The molecule has 18 heavy (non-hydrogen) atoms. The number of benzene rings is 1. The number of nitrogens with one attached hydrogen (secondary N) is 1. The Balaban J connectivity index is 2.18. The third-order valence-corrected chi connectivity index (χ3v) is 2.88. The Morgan fingerprint density at radius 1 is 1.11 bits per heavy atom. The molecule has 0 saturated carbocycles. The van der Waals surface area contributed by atoms with Crippen molar-refractivity contribution in [1.82, 2.24) is 4.98 Å². The van der Waals surface area contributed by atoms with Gasteiger partial charge in [-0.2, -0.15) is 0 Å². The van der Waals surface area contributed by atoms with E-state index < -0.39 is 0 Å². The third-order valence-electron chi connectivity index (χ3n) is 2.38. The van der Waals surface area contributed by atoms with Crippen molar-refractivity contribution in [1.29, 1.82) is 0 Å². The number of amides is 1. The Morgan fingerprint density at radius 2 is 1.78 bits per heavy atom.